The third-order valence-corrected chi connectivity index (χ3v) is 6.40. The zero-order chi connectivity index (χ0) is 24.5. The quantitative estimate of drug-likeness (QED) is 0.401. The van der Waals surface area contributed by atoms with Crippen molar-refractivity contribution in [3.8, 4) is 11.5 Å². The second kappa shape index (κ2) is 12.3. The molecule has 182 valence electrons. The lowest BCUT2D eigenvalue weighted by molar-refractivity contribution is -0.120. The Morgan fingerprint density at radius 2 is 1.94 bits per heavy atom. The first-order valence-corrected chi connectivity index (χ1v) is 11.9. The fourth-order valence-corrected chi connectivity index (χ4v) is 4.69. The second-order valence-corrected chi connectivity index (χ2v) is 8.45. The van der Waals surface area contributed by atoms with Crippen LogP contribution in [-0.4, -0.2) is 52.3 Å². The van der Waals surface area contributed by atoms with E-state index in [9.17, 15) is 14.0 Å². The van der Waals surface area contributed by atoms with Crippen molar-refractivity contribution in [3.05, 3.63) is 58.7 Å². The maximum atomic E-state index is 14.1. The molecular weight excluding hydrogens is 459 g/mol. The van der Waals surface area contributed by atoms with Gasteiger partial charge in [-0.1, -0.05) is 12.1 Å². The van der Waals surface area contributed by atoms with E-state index in [1.807, 2.05) is 18.4 Å². The first-order chi connectivity index (χ1) is 16.5. The van der Waals surface area contributed by atoms with Crippen LogP contribution in [0.5, 0.6) is 11.5 Å². The fourth-order valence-electron chi connectivity index (χ4n) is 3.63. The molecule has 7 nitrogen and oxygen atoms in total. The van der Waals surface area contributed by atoms with Crippen molar-refractivity contribution < 1.29 is 28.2 Å². The molecule has 2 N–H and O–H groups in total. The van der Waals surface area contributed by atoms with Crippen LogP contribution in [-0.2, 0) is 9.53 Å². The maximum Gasteiger partial charge on any atom is 0.251 e. The summed E-state index contributed by atoms with van der Waals surface area (Å²) in [7, 11) is 3.12. The normalized spacial score (nSPS) is 11.8. The molecular formula is C25H29FN2O5S. The average Bonchev–Trinajstić information content (AvgIpc) is 3.28. The van der Waals surface area contributed by atoms with E-state index in [1.165, 1.54) is 24.5 Å². The highest BCUT2D eigenvalue weighted by Gasteiger charge is 2.19. The van der Waals surface area contributed by atoms with Gasteiger partial charge in [-0.15, -0.1) is 11.3 Å². The minimum Gasteiger partial charge on any atom is -0.493 e. The summed E-state index contributed by atoms with van der Waals surface area (Å²) in [5.41, 5.74) is 1.33. The molecule has 0 bridgehead atoms. The van der Waals surface area contributed by atoms with Gasteiger partial charge in [-0.2, -0.15) is 0 Å². The highest BCUT2D eigenvalue weighted by molar-refractivity contribution is 7.17. The first kappa shape index (κ1) is 25.5. The Morgan fingerprint density at radius 1 is 1.12 bits per heavy atom. The number of carbonyl (C=O) groups excluding carboxylic acids is 2. The van der Waals surface area contributed by atoms with Gasteiger partial charge in [0, 0.05) is 31.7 Å². The summed E-state index contributed by atoms with van der Waals surface area (Å²) in [6.45, 7) is 3.01. The first-order valence-electron chi connectivity index (χ1n) is 11.0. The molecule has 0 fully saturated rings. The van der Waals surface area contributed by atoms with Gasteiger partial charge in [-0.25, -0.2) is 4.39 Å². The number of benzene rings is 2. The molecule has 1 atom stereocenters. The summed E-state index contributed by atoms with van der Waals surface area (Å²) in [5.74, 6) is -0.0323. The summed E-state index contributed by atoms with van der Waals surface area (Å²) in [5, 5.41) is 8.27. The predicted molar refractivity (Wildman–Crippen MR) is 131 cm³/mol. The lowest BCUT2D eigenvalue weighted by atomic mass is 9.95. The number of ether oxygens (including phenoxy) is 3. The lowest BCUT2D eigenvalue weighted by Gasteiger charge is -2.17. The third kappa shape index (κ3) is 6.24. The van der Waals surface area contributed by atoms with Crippen LogP contribution in [0.2, 0.25) is 0 Å². The summed E-state index contributed by atoms with van der Waals surface area (Å²) in [6.07, 6.45) is 0.664. The van der Waals surface area contributed by atoms with Crippen LogP contribution in [0, 0.1) is 5.82 Å². The van der Waals surface area contributed by atoms with Crippen molar-refractivity contribution in [2.45, 2.75) is 19.3 Å². The Morgan fingerprint density at radius 3 is 2.68 bits per heavy atom. The summed E-state index contributed by atoms with van der Waals surface area (Å²) in [4.78, 5) is 24.9. The number of hydrogen-bond donors (Lipinski definition) is 2. The molecule has 0 aliphatic rings. The molecule has 34 heavy (non-hydrogen) atoms. The molecule has 2 aromatic carbocycles. The van der Waals surface area contributed by atoms with Gasteiger partial charge in [0.15, 0.2) is 11.5 Å². The van der Waals surface area contributed by atoms with E-state index in [2.05, 4.69) is 10.6 Å². The van der Waals surface area contributed by atoms with E-state index in [0.29, 0.717) is 47.9 Å². The largest absolute Gasteiger partial charge is 0.493 e. The summed E-state index contributed by atoms with van der Waals surface area (Å²) in [6, 6.07) is 9.85. The van der Waals surface area contributed by atoms with Gasteiger partial charge >= 0.3 is 0 Å². The Labute approximate surface area is 202 Å². The number of hydrogen-bond acceptors (Lipinski definition) is 6. The number of nitrogens with one attached hydrogen (secondary N) is 2. The second-order valence-electron chi connectivity index (χ2n) is 7.57. The van der Waals surface area contributed by atoms with Gasteiger partial charge in [-0.05, 0) is 53.9 Å². The van der Waals surface area contributed by atoms with Crippen molar-refractivity contribution in [2.75, 3.05) is 40.5 Å². The summed E-state index contributed by atoms with van der Waals surface area (Å²) >= 11 is 1.35. The van der Waals surface area contributed by atoms with Crippen LogP contribution >= 0.6 is 11.3 Å². The minimum atomic E-state index is -0.397. The van der Waals surface area contributed by atoms with E-state index >= 15 is 0 Å². The molecule has 0 aliphatic carbocycles. The molecule has 1 unspecified atom stereocenters. The Balaban J connectivity index is 1.59. The van der Waals surface area contributed by atoms with Crippen LogP contribution in [0.1, 0.15) is 35.2 Å². The number of thiophene rings is 1. The highest BCUT2D eigenvalue weighted by atomic mass is 32.1. The fraction of sp³-hybridized carbons (Fsp3) is 0.360. The smallest absolute Gasteiger partial charge is 0.251 e. The van der Waals surface area contributed by atoms with E-state index in [4.69, 9.17) is 14.2 Å². The molecule has 1 heterocycles. The van der Waals surface area contributed by atoms with Crippen LogP contribution in [0.3, 0.4) is 0 Å². The topological polar surface area (TPSA) is 85.9 Å². The van der Waals surface area contributed by atoms with Crippen molar-refractivity contribution >= 4 is 33.2 Å². The predicted octanol–water partition coefficient (Wildman–Crippen LogP) is 4.11. The van der Waals surface area contributed by atoms with Gasteiger partial charge in [0.25, 0.3) is 5.91 Å². The van der Waals surface area contributed by atoms with Crippen LogP contribution in [0.15, 0.2) is 41.8 Å². The number of rotatable bonds is 12. The van der Waals surface area contributed by atoms with Crippen LogP contribution < -0.4 is 20.1 Å². The van der Waals surface area contributed by atoms with Gasteiger partial charge < -0.3 is 24.8 Å². The number of fused-ring (bicyclic) bond motifs is 1. The molecule has 9 heteroatoms. The number of methoxy groups -OCH3 is 2. The van der Waals surface area contributed by atoms with E-state index in [1.54, 1.807) is 31.4 Å². The standard InChI is InChI=1S/C25H29FN2O5S/c1-4-33-21-9-8-16(12-22(21)32-3)25(30)28-14-23(29)27-13-17(10-11-31-2)19-15-34-24-18(19)6-5-7-20(24)26/h5-9,12,15,17H,4,10-11,13-14H2,1-3H3,(H,27,29)(H,28,30). The van der Waals surface area contributed by atoms with Gasteiger partial charge in [0.1, 0.15) is 5.82 Å². The zero-order valence-electron chi connectivity index (χ0n) is 19.5. The van der Waals surface area contributed by atoms with Crippen molar-refractivity contribution in [1.29, 1.82) is 0 Å². The van der Waals surface area contributed by atoms with Gasteiger partial charge in [0.2, 0.25) is 5.91 Å². The van der Waals surface area contributed by atoms with Crippen molar-refractivity contribution in [2.24, 2.45) is 0 Å². The number of carbonyl (C=O) groups is 2. The van der Waals surface area contributed by atoms with E-state index in [-0.39, 0.29) is 24.2 Å². The summed E-state index contributed by atoms with van der Waals surface area (Å²) < 4.78 is 30.7. The number of amides is 2. The van der Waals surface area contributed by atoms with E-state index in [0.717, 1.165) is 10.9 Å². The Hall–Kier alpha value is -3.17. The molecule has 0 radical (unpaired) electrons. The Kier molecular flexibility index (Phi) is 9.24. The molecule has 3 aromatic rings. The van der Waals surface area contributed by atoms with Crippen molar-refractivity contribution in [3.63, 3.8) is 0 Å². The van der Waals surface area contributed by atoms with Crippen molar-refractivity contribution in [1.82, 2.24) is 10.6 Å². The number of halogens is 1. The van der Waals surface area contributed by atoms with Gasteiger partial charge in [-0.3, -0.25) is 9.59 Å². The maximum absolute atomic E-state index is 14.1. The molecule has 1 aromatic heterocycles. The van der Waals surface area contributed by atoms with Gasteiger partial charge in [0.05, 0.1) is 25.0 Å². The average molecular weight is 489 g/mol. The monoisotopic (exact) mass is 488 g/mol. The molecule has 0 spiro atoms. The molecule has 3 rings (SSSR count). The third-order valence-electron chi connectivity index (χ3n) is 5.37. The van der Waals surface area contributed by atoms with E-state index < -0.39 is 5.91 Å². The van der Waals surface area contributed by atoms with Crippen LogP contribution in [0.4, 0.5) is 4.39 Å². The lowest BCUT2D eigenvalue weighted by Crippen LogP contribution is -2.38. The molecule has 0 saturated heterocycles. The Bertz CT molecular complexity index is 1130. The molecule has 2 amide bonds. The zero-order valence-corrected chi connectivity index (χ0v) is 20.3. The highest BCUT2D eigenvalue weighted by Crippen LogP contribution is 2.34. The molecule has 0 saturated carbocycles. The molecule has 0 aliphatic heterocycles. The minimum absolute atomic E-state index is 0.0504. The van der Waals surface area contributed by atoms with Crippen LogP contribution in [0.25, 0.3) is 10.1 Å². The SMILES string of the molecule is CCOc1ccc(C(=O)NCC(=O)NCC(CCOC)c2csc3c(F)cccc23)cc1OC.